The van der Waals surface area contributed by atoms with E-state index in [9.17, 15) is 0 Å². The third-order valence-corrected chi connectivity index (χ3v) is 4.13. The molecule has 1 unspecified atom stereocenters. The number of nitrogens with zero attached hydrogens (tertiary/aromatic N) is 1. The summed E-state index contributed by atoms with van der Waals surface area (Å²) in [7, 11) is 0. The zero-order valence-electron chi connectivity index (χ0n) is 17.3. The van der Waals surface area contributed by atoms with E-state index in [0.29, 0.717) is 0 Å². The van der Waals surface area contributed by atoms with Crippen LogP contribution in [0.15, 0.2) is 71.6 Å². The highest BCUT2D eigenvalue weighted by Crippen LogP contribution is 2.15. The lowest BCUT2D eigenvalue weighted by molar-refractivity contribution is 0.559. The molecule has 0 radical (unpaired) electrons. The summed E-state index contributed by atoms with van der Waals surface area (Å²) in [6.07, 6.45) is 14.5. The first-order valence-corrected chi connectivity index (χ1v) is 9.77. The van der Waals surface area contributed by atoms with E-state index < -0.39 is 0 Å². The van der Waals surface area contributed by atoms with E-state index in [2.05, 4.69) is 48.5 Å². The first-order valence-electron chi connectivity index (χ1n) is 9.77. The number of aromatic nitrogens is 1. The van der Waals surface area contributed by atoms with Gasteiger partial charge in [-0.1, -0.05) is 41.5 Å². The fourth-order valence-corrected chi connectivity index (χ4v) is 2.59. The van der Waals surface area contributed by atoms with E-state index in [0.717, 1.165) is 43.9 Å². The van der Waals surface area contributed by atoms with Crippen molar-refractivity contribution in [1.29, 1.82) is 0 Å². The summed E-state index contributed by atoms with van der Waals surface area (Å²) >= 11 is 0. The summed E-state index contributed by atoms with van der Waals surface area (Å²) in [5, 5.41) is 6.95. The Morgan fingerprint density at radius 2 is 2.00 bits per heavy atom. The van der Waals surface area contributed by atoms with Gasteiger partial charge in [0.15, 0.2) is 0 Å². The second-order valence-electron chi connectivity index (χ2n) is 6.91. The topological polar surface area (TPSA) is 63.0 Å². The Hall–Kier alpha value is -2.17. The SMILES string of the molecule is C/C=C\C=C(/N)C(NCCNC/C=C(\C)CCC=C(C)C)c1ccccn1. The smallest absolute Gasteiger partial charge is 0.0897 e. The first-order chi connectivity index (χ1) is 13.0. The van der Waals surface area contributed by atoms with Crippen LogP contribution in [-0.2, 0) is 0 Å². The number of hydrogen-bond donors (Lipinski definition) is 3. The van der Waals surface area contributed by atoms with E-state index in [1.807, 2.05) is 43.4 Å². The molecule has 0 saturated heterocycles. The number of allylic oxidation sites excluding steroid dienone is 6. The van der Waals surface area contributed by atoms with Crippen LogP contribution in [0.1, 0.15) is 52.3 Å². The zero-order chi connectivity index (χ0) is 19.9. The molecular formula is C23H36N4. The van der Waals surface area contributed by atoms with Crippen molar-refractivity contribution in [2.24, 2.45) is 5.73 Å². The second kappa shape index (κ2) is 14.0. The highest BCUT2D eigenvalue weighted by atomic mass is 15.0. The van der Waals surface area contributed by atoms with Crippen LogP contribution in [0.25, 0.3) is 0 Å². The van der Waals surface area contributed by atoms with Crippen molar-refractivity contribution in [3.05, 3.63) is 77.3 Å². The lowest BCUT2D eigenvalue weighted by Crippen LogP contribution is -2.33. The molecule has 0 saturated carbocycles. The van der Waals surface area contributed by atoms with Gasteiger partial charge in [-0.3, -0.25) is 4.98 Å². The molecule has 4 N–H and O–H groups in total. The van der Waals surface area contributed by atoms with E-state index in [-0.39, 0.29) is 6.04 Å². The van der Waals surface area contributed by atoms with Crippen LogP contribution in [0.5, 0.6) is 0 Å². The Bertz CT molecular complexity index is 638. The summed E-state index contributed by atoms with van der Waals surface area (Å²) in [6.45, 7) is 11.0. The minimum atomic E-state index is -0.0782. The molecule has 148 valence electrons. The van der Waals surface area contributed by atoms with Gasteiger partial charge in [0.2, 0.25) is 0 Å². The third-order valence-electron chi connectivity index (χ3n) is 4.13. The predicted octanol–water partition coefficient (Wildman–Crippen LogP) is 4.41. The van der Waals surface area contributed by atoms with Crippen molar-refractivity contribution in [3.63, 3.8) is 0 Å². The average Bonchev–Trinajstić information content (AvgIpc) is 2.66. The molecule has 1 aromatic rings. The molecule has 0 aromatic carbocycles. The number of hydrogen-bond acceptors (Lipinski definition) is 4. The monoisotopic (exact) mass is 368 g/mol. The van der Waals surface area contributed by atoms with Crippen molar-refractivity contribution in [3.8, 4) is 0 Å². The lowest BCUT2D eigenvalue weighted by atomic mass is 10.1. The minimum absolute atomic E-state index is 0.0782. The molecule has 0 bridgehead atoms. The highest BCUT2D eigenvalue weighted by molar-refractivity contribution is 5.23. The van der Waals surface area contributed by atoms with Gasteiger partial charge in [0, 0.05) is 31.5 Å². The lowest BCUT2D eigenvalue weighted by Gasteiger charge is -2.19. The van der Waals surface area contributed by atoms with Crippen LogP contribution >= 0.6 is 0 Å². The Labute approximate surface area is 165 Å². The van der Waals surface area contributed by atoms with Crippen molar-refractivity contribution in [2.75, 3.05) is 19.6 Å². The molecule has 1 rings (SSSR count). The van der Waals surface area contributed by atoms with Gasteiger partial charge in [0.25, 0.3) is 0 Å². The van der Waals surface area contributed by atoms with Gasteiger partial charge in [-0.25, -0.2) is 0 Å². The van der Waals surface area contributed by atoms with Crippen molar-refractivity contribution >= 4 is 0 Å². The summed E-state index contributed by atoms with van der Waals surface area (Å²) in [6, 6.07) is 5.83. The van der Waals surface area contributed by atoms with Gasteiger partial charge in [-0.05, 0) is 58.7 Å². The normalized spacial score (nSPS) is 13.8. The molecule has 0 aliphatic heterocycles. The molecule has 27 heavy (non-hydrogen) atoms. The Kier molecular flexibility index (Phi) is 11.8. The number of nitrogens with two attached hydrogens (primary N) is 1. The minimum Gasteiger partial charge on any atom is -0.400 e. The van der Waals surface area contributed by atoms with Crippen LogP contribution in [0.2, 0.25) is 0 Å². The van der Waals surface area contributed by atoms with Crippen LogP contribution < -0.4 is 16.4 Å². The largest absolute Gasteiger partial charge is 0.400 e. The van der Waals surface area contributed by atoms with Crippen molar-refractivity contribution in [2.45, 2.75) is 46.6 Å². The Balaban J connectivity index is 2.43. The van der Waals surface area contributed by atoms with Gasteiger partial charge in [0.1, 0.15) is 0 Å². The quantitative estimate of drug-likeness (QED) is 0.290. The number of pyridine rings is 1. The van der Waals surface area contributed by atoms with E-state index in [1.165, 1.54) is 11.1 Å². The molecule has 1 heterocycles. The van der Waals surface area contributed by atoms with Gasteiger partial charge in [-0.15, -0.1) is 0 Å². The Morgan fingerprint density at radius 3 is 2.67 bits per heavy atom. The highest BCUT2D eigenvalue weighted by Gasteiger charge is 2.14. The molecule has 1 aromatic heterocycles. The number of nitrogens with one attached hydrogen (secondary N) is 2. The maximum atomic E-state index is 6.26. The van der Waals surface area contributed by atoms with Crippen LogP contribution in [0.4, 0.5) is 0 Å². The van der Waals surface area contributed by atoms with Gasteiger partial charge in [-0.2, -0.15) is 0 Å². The molecule has 4 nitrogen and oxygen atoms in total. The fourth-order valence-electron chi connectivity index (χ4n) is 2.59. The molecule has 1 atom stereocenters. The van der Waals surface area contributed by atoms with Crippen LogP contribution in [-0.4, -0.2) is 24.6 Å². The number of rotatable bonds is 12. The van der Waals surface area contributed by atoms with Crippen molar-refractivity contribution < 1.29 is 0 Å². The maximum absolute atomic E-state index is 6.26. The van der Waals surface area contributed by atoms with Crippen molar-refractivity contribution in [1.82, 2.24) is 15.6 Å². The summed E-state index contributed by atoms with van der Waals surface area (Å²) < 4.78 is 0. The molecular weight excluding hydrogens is 332 g/mol. The van der Waals surface area contributed by atoms with Crippen LogP contribution in [0, 0.1) is 0 Å². The summed E-state index contributed by atoms with van der Waals surface area (Å²) in [5.74, 6) is 0. The molecule has 0 amide bonds. The summed E-state index contributed by atoms with van der Waals surface area (Å²) in [5.41, 5.74) is 10.8. The maximum Gasteiger partial charge on any atom is 0.0897 e. The van der Waals surface area contributed by atoms with Gasteiger partial charge in [0.05, 0.1) is 11.7 Å². The molecule has 0 fully saturated rings. The molecule has 0 aliphatic carbocycles. The van der Waals surface area contributed by atoms with E-state index in [1.54, 1.807) is 6.20 Å². The molecule has 0 spiro atoms. The average molecular weight is 369 g/mol. The Morgan fingerprint density at radius 1 is 1.19 bits per heavy atom. The molecule has 0 aliphatic rings. The fraction of sp³-hybridized carbons (Fsp3) is 0.435. The van der Waals surface area contributed by atoms with Gasteiger partial charge < -0.3 is 16.4 Å². The zero-order valence-corrected chi connectivity index (χ0v) is 17.3. The van der Waals surface area contributed by atoms with Crippen LogP contribution in [0.3, 0.4) is 0 Å². The second-order valence-corrected chi connectivity index (χ2v) is 6.91. The standard InChI is InChI=1S/C23H36N4/c1-5-6-12-21(24)23(22-13-7-8-15-26-22)27-18-17-25-16-14-20(4)11-9-10-19(2)3/h5-8,10,12-15,23,25,27H,9,11,16-18,24H2,1-4H3/b6-5-,20-14+,21-12-. The van der Waals surface area contributed by atoms with E-state index in [4.69, 9.17) is 5.73 Å². The molecule has 4 heteroatoms. The van der Waals surface area contributed by atoms with Gasteiger partial charge >= 0.3 is 0 Å². The predicted molar refractivity (Wildman–Crippen MR) is 117 cm³/mol. The third kappa shape index (κ3) is 10.5. The summed E-state index contributed by atoms with van der Waals surface area (Å²) in [4.78, 5) is 4.45. The first kappa shape index (κ1) is 22.9. The van der Waals surface area contributed by atoms with E-state index >= 15 is 0 Å².